The monoisotopic (exact) mass is 207 g/mol. The summed E-state index contributed by atoms with van der Waals surface area (Å²) in [4.78, 5) is 11.5. The lowest BCUT2D eigenvalue weighted by molar-refractivity contribution is -0.118. The maximum absolute atomic E-state index is 11.5. The summed E-state index contributed by atoms with van der Waals surface area (Å²) >= 11 is 0. The lowest BCUT2D eigenvalue weighted by Gasteiger charge is -2.15. The molecule has 4 nitrogen and oxygen atoms in total. The lowest BCUT2D eigenvalue weighted by Crippen LogP contribution is -2.18. The van der Waals surface area contributed by atoms with Gasteiger partial charge in [0.2, 0.25) is 5.91 Å². The Morgan fingerprint density at radius 1 is 1.53 bits per heavy atom. The van der Waals surface area contributed by atoms with Gasteiger partial charge in [-0.15, -0.1) is 0 Å². The van der Waals surface area contributed by atoms with Crippen LogP contribution < -0.4 is 5.32 Å². The highest BCUT2D eigenvalue weighted by Gasteiger charge is 2.32. The number of nitrogens with zero attached hydrogens (tertiary/aromatic N) is 2. The molecule has 0 saturated heterocycles. The molecule has 0 radical (unpaired) electrons. The van der Waals surface area contributed by atoms with E-state index in [1.807, 2.05) is 17.7 Å². The topological polar surface area (TPSA) is 46.9 Å². The van der Waals surface area contributed by atoms with Crippen LogP contribution in [-0.2, 0) is 10.2 Å². The Labute approximate surface area is 89.7 Å². The van der Waals surface area contributed by atoms with E-state index in [9.17, 15) is 4.79 Å². The van der Waals surface area contributed by atoms with E-state index in [0.717, 1.165) is 17.9 Å². The molecule has 1 aromatic rings. The van der Waals surface area contributed by atoms with Crippen LogP contribution in [-0.4, -0.2) is 15.7 Å². The van der Waals surface area contributed by atoms with Gasteiger partial charge in [-0.3, -0.25) is 4.79 Å². The minimum absolute atomic E-state index is 0.0281. The van der Waals surface area contributed by atoms with Crippen LogP contribution in [0.1, 0.15) is 45.9 Å². The fraction of sp³-hybridized carbons (Fsp3) is 0.636. The standard InChI is InChI=1S/C11H17N3O/c1-5-7-10(15)12-9-6-8(11(2,3)4)13-14(7)9/h6-7H,5H2,1-4H3,(H,12,15)/t7-/m0/s1. The van der Waals surface area contributed by atoms with Gasteiger partial charge in [0.15, 0.2) is 0 Å². The summed E-state index contributed by atoms with van der Waals surface area (Å²) in [6, 6.07) is 1.84. The maximum atomic E-state index is 11.5. The van der Waals surface area contributed by atoms with Crippen LogP contribution in [0.5, 0.6) is 0 Å². The molecule has 1 aliphatic heterocycles. The molecule has 2 heterocycles. The molecule has 0 aliphatic carbocycles. The molecule has 0 saturated carbocycles. The quantitative estimate of drug-likeness (QED) is 0.766. The van der Waals surface area contributed by atoms with Crippen LogP contribution in [0.15, 0.2) is 6.07 Å². The normalized spacial score (nSPS) is 20.3. The van der Waals surface area contributed by atoms with E-state index >= 15 is 0 Å². The number of carbonyl (C=O) groups excluding carboxylic acids is 1. The molecule has 0 bridgehead atoms. The molecule has 0 fully saturated rings. The third-order valence-corrected chi connectivity index (χ3v) is 2.74. The number of anilines is 1. The van der Waals surface area contributed by atoms with Gasteiger partial charge in [0, 0.05) is 11.5 Å². The SMILES string of the molecule is CC[C@H]1C(=O)Nc2cc(C(C)(C)C)nn21. The van der Waals surface area contributed by atoms with E-state index in [4.69, 9.17) is 0 Å². The van der Waals surface area contributed by atoms with Crippen LogP contribution in [0, 0.1) is 0 Å². The van der Waals surface area contributed by atoms with E-state index < -0.39 is 0 Å². The van der Waals surface area contributed by atoms with Crippen LogP contribution in [0.3, 0.4) is 0 Å². The van der Waals surface area contributed by atoms with Crippen molar-refractivity contribution < 1.29 is 4.79 Å². The number of hydrogen-bond acceptors (Lipinski definition) is 2. The smallest absolute Gasteiger partial charge is 0.250 e. The molecular formula is C11H17N3O. The first-order valence-corrected chi connectivity index (χ1v) is 5.34. The maximum Gasteiger partial charge on any atom is 0.250 e. The first-order valence-electron chi connectivity index (χ1n) is 5.34. The van der Waals surface area contributed by atoms with Gasteiger partial charge < -0.3 is 5.32 Å². The van der Waals surface area contributed by atoms with Crippen LogP contribution >= 0.6 is 0 Å². The first-order chi connectivity index (χ1) is 6.93. The van der Waals surface area contributed by atoms with Gasteiger partial charge in [-0.05, 0) is 6.42 Å². The average Bonchev–Trinajstić information content (AvgIpc) is 2.59. The van der Waals surface area contributed by atoms with Crippen LogP contribution in [0.2, 0.25) is 0 Å². The number of aromatic nitrogens is 2. The van der Waals surface area contributed by atoms with E-state index in [2.05, 4.69) is 31.2 Å². The van der Waals surface area contributed by atoms with Gasteiger partial charge in [-0.2, -0.15) is 5.10 Å². The predicted molar refractivity (Wildman–Crippen MR) is 58.9 cm³/mol. The van der Waals surface area contributed by atoms with Gasteiger partial charge in [0.05, 0.1) is 5.69 Å². The van der Waals surface area contributed by atoms with Crippen molar-refractivity contribution in [3.05, 3.63) is 11.8 Å². The van der Waals surface area contributed by atoms with Crippen molar-refractivity contribution in [1.82, 2.24) is 9.78 Å². The van der Waals surface area contributed by atoms with Gasteiger partial charge >= 0.3 is 0 Å². The second-order valence-corrected chi connectivity index (χ2v) is 5.02. The Morgan fingerprint density at radius 3 is 2.73 bits per heavy atom. The minimum atomic E-state index is -0.129. The van der Waals surface area contributed by atoms with Crippen LogP contribution in [0.4, 0.5) is 5.82 Å². The Morgan fingerprint density at radius 2 is 2.20 bits per heavy atom. The molecule has 1 aliphatic rings. The van der Waals surface area contributed by atoms with Crippen molar-refractivity contribution in [3.63, 3.8) is 0 Å². The lowest BCUT2D eigenvalue weighted by atomic mass is 9.92. The fourth-order valence-electron chi connectivity index (χ4n) is 1.77. The number of carbonyl (C=O) groups is 1. The summed E-state index contributed by atoms with van der Waals surface area (Å²) in [5.41, 5.74) is 1.05. The van der Waals surface area contributed by atoms with E-state index in [1.54, 1.807) is 0 Å². The number of amides is 1. The van der Waals surface area contributed by atoms with Crippen molar-refractivity contribution in [2.75, 3.05) is 5.32 Å². The van der Waals surface area contributed by atoms with Crippen LogP contribution in [0.25, 0.3) is 0 Å². The van der Waals surface area contributed by atoms with E-state index in [1.165, 1.54) is 0 Å². The molecule has 82 valence electrons. The Hall–Kier alpha value is -1.32. The molecule has 0 unspecified atom stereocenters. The van der Waals surface area contributed by atoms with Gasteiger partial charge in [0.1, 0.15) is 11.9 Å². The zero-order valence-electron chi connectivity index (χ0n) is 9.66. The molecule has 1 N–H and O–H groups in total. The Kier molecular flexibility index (Phi) is 2.10. The average molecular weight is 207 g/mol. The van der Waals surface area contributed by atoms with Crippen molar-refractivity contribution in [3.8, 4) is 0 Å². The number of fused-ring (bicyclic) bond motifs is 1. The Bertz CT molecular complexity index is 400. The fourth-order valence-corrected chi connectivity index (χ4v) is 1.77. The van der Waals surface area contributed by atoms with Crippen molar-refractivity contribution in [1.29, 1.82) is 0 Å². The Balaban J connectivity index is 2.41. The van der Waals surface area contributed by atoms with Crippen molar-refractivity contribution in [2.45, 2.75) is 45.6 Å². The molecule has 2 rings (SSSR count). The largest absolute Gasteiger partial charge is 0.309 e. The molecule has 1 atom stereocenters. The highest BCUT2D eigenvalue weighted by atomic mass is 16.2. The predicted octanol–water partition coefficient (Wildman–Crippen LogP) is 2.08. The molecule has 1 amide bonds. The minimum Gasteiger partial charge on any atom is -0.309 e. The zero-order chi connectivity index (χ0) is 11.2. The second kappa shape index (κ2) is 3.08. The van der Waals surface area contributed by atoms with Gasteiger partial charge in [-0.25, -0.2) is 4.68 Å². The number of rotatable bonds is 1. The van der Waals surface area contributed by atoms with E-state index in [-0.39, 0.29) is 17.4 Å². The molecule has 0 spiro atoms. The highest BCUT2D eigenvalue weighted by Crippen LogP contribution is 2.31. The first kappa shape index (κ1) is 10.2. The molecule has 4 heteroatoms. The molecule has 0 aromatic carbocycles. The summed E-state index contributed by atoms with van der Waals surface area (Å²) < 4.78 is 1.81. The third kappa shape index (κ3) is 1.54. The number of nitrogens with one attached hydrogen (secondary N) is 1. The molecule has 15 heavy (non-hydrogen) atoms. The third-order valence-electron chi connectivity index (χ3n) is 2.74. The van der Waals surface area contributed by atoms with Crippen molar-refractivity contribution >= 4 is 11.7 Å². The number of hydrogen-bond donors (Lipinski definition) is 1. The summed E-state index contributed by atoms with van der Waals surface area (Å²) in [5, 5.41) is 7.35. The summed E-state index contributed by atoms with van der Waals surface area (Å²) in [6.07, 6.45) is 0.782. The summed E-state index contributed by atoms with van der Waals surface area (Å²) in [7, 11) is 0. The second-order valence-electron chi connectivity index (χ2n) is 5.02. The van der Waals surface area contributed by atoms with Crippen molar-refractivity contribution in [2.24, 2.45) is 0 Å². The van der Waals surface area contributed by atoms with Gasteiger partial charge in [0.25, 0.3) is 0 Å². The van der Waals surface area contributed by atoms with Gasteiger partial charge in [-0.1, -0.05) is 27.7 Å². The van der Waals surface area contributed by atoms with E-state index in [0.29, 0.717) is 0 Å². The highest BCUT2D eigenvalue weighted by molar-refractivity contribution is 5.96. The molecule has 1 aromatic heterocycles. The molecular weight excluding hydrogens is 190 g/mol. The zero-order valence-corrected chi connectivity index (χ0v) is 9.66. The summed E-state index contributed by atoms with van der Waals surface area (Å²) in [6.45, 7) is 8.35. The summed E-state index contributed by atoms with van der Waals surface area (Å²) in [5.74, 6) is 0.886.